The van der Waals surface area contributed by atoms with Gasteiger partial charge in [0.25, 0.3) is 0 Å². The minimum absolute atomic E-state index is 0. The number of benzene rings is 1. The Kier molecular flexibility index (Phi) is 7.08. The van der Waals surface area contributed by atoms with Crippen molar-refractivity contribution < 1.29 is 9.18 Å². The van der Waals surface area contributed by atoms with E-state index in [1.165, 1.54) is 6.07 Å². The second-order valence-electron chi connectivity index (χ2n) is 5.52. The highest BCUT2D eigenvalue weighted by atomic mass is 35.5. The normalized spacial score (nSPS) is 22.4. The standard InChI is InChI=1S/C15H22FN3O.ClH/c1-11-6-7-19(12(8-11)9-17)10-15(20)18-14-5-3-2-4-13(14)16;/h2-5,11-12H,6-10,17H2,1H3,(H,18,20);1H. The SMILES string of the molecule is CC1CCN(CC(=O)Nc2ccccc2F)C(CN)C1.Cl. The molecule has 0 bridgehead atoms. The molecule has 6 heteroatoms. The number of carbonyl (C=O) groups excluding carboxylic acids is 1. The van der Waals surface area contributed by atoms with Gasteiger partial charge in [0.15, 0.2) is 0 Å². The third-order valence-corrected chi connectivity index (χ3v) is 3.87. The summed E-state index contributed by atoms with van der Waals surface area (Å²) < 4.78 is 13.5. The van der Waals surface area contributed by atoms with E-state index in [4.69, 9.17) is 5.73 Å². The molecule has 0 saturated carbocycles. The lowest BCUT2D eigenvalue weighted by Gasteiger charge is -2.37. The van der Waals surface area contributed by atoms with E-state index in [-0.39, 0.29) is 36.6 Å². The molecule has 0 aliphatic carbocycles. The zero-order valence-electron chi connectivity index (χ0n) is 12.2. The van der Waals surface area contributed by atoms with Gasteiger partial charge < -0.3 is 11.1 Å². The zero-order chi connectivity index (χ0) is 14.5. The highest BCUT2D eigenvalue weighted by Gasteiger charge is 2.26. The van der Waals surface area contributed by atoms with Crippen LogP contribution >= 0.6 is 12.4 Å². The van der Waals surface area contributed by atoms with Gasteiger partial charge in [0.1, 0.15) is 5.82 Å². The Morgan fingerprint density at radius 3 is 2.86 bits per heavy atom. The third kappa shape index (κ3) is 4.95. The molecule has 118 valence electrons. The van der Waals surface area contributed by atoms with E-state index in [1.807, 2.05) is 0 Å². The maximum Gasteiger partial charge on any atom is 0.238 e. The van der Waals surface area contributed by atoms with Crippen molar-refractivity contribution in [2.75, 3.05) is 25.0 Å². The van der Waals surface area contributed by atoms with Gasteiger partial charge in [-0.2, -0.15) is 0 Å². The first-order chi connectivity index (χ1) is 9.60. The van der Waals surface area contributed by atoms with Crippen LogP contribution in [0.1, 0.15) is 19.8 Å². The van der Waals surface area contributed by atoms with Gasteiger partial charge >= 0.3 is 0 Å². The van der Waals surface area contributed by atoms with E-state index < -0.39 is 5.82 Å². The highest BCUT2D eigenvalue weighted by molar-refractivity contribution is 5.92. The Morgan fingerprint density at radius 2 is 2.19 bits per heavy atom. The quantitative estimate of drug-likeness (QED) is 0.896. The van der Waals surface area contributed by atoms with Gasteiger partial charge in [-0.15, -0.1) is 12.4 Å². The van der Waals surface area contributed by atoms with Crippen LogP contribution in [-0.4, -0.2) is 36.5 Å². The maximum atomic E-state index is 13.5. The first kappa shape index (κ1) is 17.9. The van der Waals surface area contributed by atoms with Crippen molar-refractivity contribution in [2.24, 2.45) is 11.7 Å². The number of nitrogens with two attached hydrogens (primary N) is 1. The minimum Gasteiger partial charge on any atom is -0.329 e. The van der Waals surface area contributed by atoms with Crippen molar-refractivity contribution in [3.8, 4) is 0 Å². The molecular weight excluding hydrogens is 293 g/mol. The number of halogens is 2. The summed E-state index contributed by atoms with van der Waals surface area (Å²) in [5.74, 6) is 0.0426. The summed E-state index contributed by atoms with van der Waals surface area (Å²) in [6.45, 7) is 3.90. The molecule has 1 heterocycles. The first-order valence-electron chi connectivity index (χ1n) is 7.08. The lowest BCUT2D eigenvalue weighted by molar-refractivity contribution is -0.118. The number of hydrogen-bond acceptors (Lipinski definition) is 3. The van der Waals surface area contributed by atoms with Crippen molar-refractivity contribution >= 4 is 24.0 Å². The van der Waals surface area contributed by atoms with Gasteiger partial charge in [-0.3, -0.25) is 9.69 Å². The number of rotatable bonds is 4. The Balaban J connectivity index is 0.00000220. The van der Waals surface area contributed by atoms with Crippen molar-refractivity contribution in [1.82, 2.24) is 4.90 Å². The van der Waals surface area contributed by atoms with Crippen LogP contribution in [0.2, 0.25) is 0 Å². The Morgan fingerprint density at radius 1 is 1.48 bits per heavy atom. The average Bonchev–Trinajstić information content (AvgIpc) is 2.43. The summed E-state index contributed by atoms with van der Waals surface area (Å²) in [5, 5.41) is 2.62. The van der Waals surface area contributed by atoms with Crippen molar-refractivity contribution in [3.63, 3.8) is 0 Å². The Hall–Kier alpha value is -1.17. The molecule has 2 rings (SSSR count). The molecule has 1 fully saturated rings. The zero-order valence-corrected chi connectivity index (χ0v) is 13.0. The fourth-order valence-electron chi connectivity index (χ4n) is 2.69. The van der Waals surface area contributed by atoms with Crippen LogP contribution in [0.25, 0.3) is 0 Å². The molecule has 1 aliphatic rings. The predicted octanol–water partition coefficient (Wildman–Crippen LogP) is 2.25. The summed E-state index contributed by atoms with van der Waals surface area (Å²) in [6.07, 6.45) is 2.09. The van der Waals surface area contributed by atoms with E-state index in [0.717, 1.165) is 19.4 Å². The lowest BCUT2D eigenvalue weighted by Crippen LogP contribution is -2.49. The number of carbonyl (C=O) groups is 1. The van der Waals surface area contributed by atoms with Crippen LogP contribution in [0.3, 0.4) is 0 Å². The average molecular weight is 316 g/mol. The molecule has 2 unspecified atom stereocenters. The highest BCUT2D eigenvalue weighted by Crippen LogP contribution is 2.21. The van der Waals surface area contributed by atoms with E-state index in [1.54, 1.807) is 18.2 Å². The van der Waals surface area contributed by atoms with Crippen molar-refractivity contribution in [2.45, 2.75) is 25.8 Å². The predicted molar refractivity (Wildman–Crippen MR) is 85.1 cm³/mol. The molecule has 21 heavy (non-hydrogen) atoms. The fraction of sp³-hybridized carbons (Fsp3) is 0.533. The molecule has 1 aromatic rings. The molecule has 3 N–H and O–H groups in total. The molecule has 0 radical (unpaired) electrons. The molecule has 4 nitrogen and oxygen atoms in total. The second-order valence-corrected chi connectivity index (χ2v) is 5.52. The maximum absolute atomic E-state index is 13.5. The summed E-state index contributed by atoms with van der Waals surface area (Å²) in [5.41, 5.74) is 6.00. The van der Waals surface area contributed by atoms with Gasteiger partial charge in [0, 0.05) is 12.6 Å². The van der Waals surface area contributed by atoms with Crippen molar-refractivity contribution in [1.29, 1.82) is 0 Å². The molecule has 0 spiro atoms. The second kappa shape index (κ2) is 8.32. The number of anilines is 1. The molecule has 1 aromatic carbocycles. The van der Waals surface area contributed by atoms with E-state index in [2.05, 4.69) is 17.1 Å². The van der Waals surface area contributed by atoms with Crippen LogP contribution < -0.4 is 11.1 Å². The van der Waals surface area contributed by atoms with Gasteiger partial charge in [-0.25, -0.2) is 4.39 Å². The molecule has 2 atom stereocenters. The summed E-state index contributed by atoms with van der Waals surface area (Å²) in [4.78, 5) is 14.1. The van der Waals surface area contributed by atoms with Crippen LogP contribution in [0.15, 0.2) is 24.3 Å². The number of piperidine rings is 1. The molecule has 0 aromatic heterocycles. The fourth-order valence-corrected chi connectivity index (χ4v) is 2.69. The minimum atomic E-state index is -0.413. The monoisotopic (exact) mass is 315 g/mol. The summed E-state index contributed by atoms with van der Waals surface area (Å²) in [6, 6.07) is 6.43. The Labute approximate surface area is 131 Å². The number of amides is 1. The Bertz CT molecular complexity index is 472. The molecule has 1 saturated heterocycles. The molecule has 1 aliphatic heterocycles. The number of nitrogens with zero attached hydrogens (tertiary/aromatic N) is 1. The van der Waals surface area contributed by atoms with Crippen molar-refractivity contribution in [3.05, 3.63) is 30.1 Å². The van der Waals surface area contributed by atoms with Crippen LogP contribution in [0.4, 0.5) is 10.1 Å². The third-order valence-electron chi connectivity index (χ3n) is 3.87. The van der Waals surface area contributed by atoms with Gasteiger partial charge in [-0.1, -0.05) is 19.1 Å². The first-order valence-corrected chi connectivity index (χ1v) is 7.08. The molecule has 1 amide bonds. The number of nitrogens with one attached hydrogen (secondary N) is 1. The molecular formula is C15H23ClFN3O. The van der Waals surface area contributed by atoms with E-state index in [9.17, 15) is 9.18 Å². The topological polar surface area (TPSA) is 58.4 Å². The van der Waals surface area contributed by atoms with Crippen LogP contribution in [0, 0.1) is 11.7 Å². The lowest BCUT2D eigenvalue weighted by atomic mass is 9.92. The number of hydrogen-bond donors (Lipinski definition) is 2. The number of likely N-dealkylation sites (tertiary alicyclic amines) is 1. The van der Waals surface area contributed by atoms with E-state index >= 15 is 0 Å². The van der Waals surface area contributed by atoms with Gasteiger partial charge in [0.2, 0.25) is 5.91 Å². The summed E-state index contributed by atoms with van der Waals surface area (Å²) >= 11 is 0. The van der Waals surface area contributed by atoms with E-state index in [0.29, 0.717) is 12.5 Å². The van der Waals surface area contributed by atoms with Crippen LogP contribution in [0.5, 0.6) is 0 Å². The summed E-state index contributed by atoms with van der Waals surface area (Å²) in [7, 11) is 0. The van der Waals surface area contributed by atoms with Gasteiger partial charge in [-0.05, 0) is 37.4 Å². The smallest absolute Gasteiger partial charge is 0.238 e. The largest absolute Gasteiger partial charge is 0.329 e. The van der Waals surface area contributed by atoms with Crippen LogP contribution in [-0.2, 0) is 4.79 Å². The van der Waals surface area contributed by atoms with Gasteiger partial charge in [0.05, 0.1) is 12.2 Å². The number of para-hydroxylation sites is 1.